The lowest BCUT2D eigenvalue weighted by Crippen LogP contribution is -2.54. The van der Waals surface area contributed by atoms with Gasteiger partial charge in [0.25, 0.3) is 0 Å². The van der Waals surface area contributed by atoms with E-state index in [0.717, 1.165) is 6.42 Å². The molecule has 7 heteroatoms. The summed E-state index contributed by atoms with van der Waals surface area (Å²) >= 11 is 0. The number of ketones is 1. The Balaban J connectivity index is 1.91. The van der Waals surface area contributed by atoms with Crippen molar-refractivity contribution in [2.45, 2.75) is 52.4 Å². The molecular formula is C18H27N3O4. The quantitative estimate of drug-likeness (QED) is 0.484. The van der Waals surface area contributed by atoms with Crippen molar-refractivity contribution in [1.82, 2.24) is 10.6 Å². The minimum atomic E-state index is -0.561. The van der Waals surface area contributed by atoms with E-state index in [-0.39, 0.29) is 30.6 Å². The Kier molecular flexibility index (Phi) is 6.39. The normalized spacial score (nSPS) is 17.5. The van der Waals surface area contributed by atoms with Crippen LogP contribution in [-0.2, 0) is 4.79 Å². The summed E-state index contributed by atoms with van der Waals surface area (Å²) in [7, 11) is 0. The van der Waals surface area contributed by atoms with E-state index in [2.05, 4.69) is 10.6 Å². The van der Waals surface area contributed by atoms with E-state index in [1.807, 2.05) is 13.8 Å². The van der Waals surface area contributed by atoms with E-state index in [1.54, 1.807) is 32.0 Å². The Bertz CT molecular complexity index is 635. The van der Waals surface area contributed by atoms with Crippen molar-refractivity contribution < 1.29 is 19.1 Å². The maximum Gasteiger partial charge on any atom is 0.238 e. The van der Waals surface area contributed by atoms with E-state index >= 15 is 0 Å². The average Bonchev–Trinajstić information content (AvgIpc) is 3.06. The van der Waals surface area contributed by atoms with Crippen LogP contribution in [0.15, 0.2) is 18.2 Å². The number of carbonyl (C=O) groups is 2. The molecule has 0 radical (unpaired) electrons. The zero-order valence-electron chi connectivity index (χ0n) is 15.2. The van der Waals surface area contributed by atoms with Crippen molar-refractivity contribution in [1.29, 1.82) is 0 Å². The minimum absolute atomic E-state index is 0.0920. The van der Waals surface area contributed by atoms with Crippen LogP contribution < -0.4 is 25.8 Å². The molecule has 4 N–H and O–H groups in total. The van der Waals surface area contributed by atoms with Crippen LogP contribution >= 0.6 is 0 Å². The summed E-state index contributed by atoms with van der Waals surface area (Å²) in [5.41, 5.74) is 6.45. The molecule has 0 aliphatic carbocycles. The number of fused-ring (bicyclic) bond motifs is 1. The van der Waals surface area contributed by atoms with Crippen LogP contribution in [0.2, 0.25) is 0 Å². The Hall–Kier alpha value is -2.12. The van der Waals surface area contributed by atoms with Crippen molar-refractivity contribution in [2.24, 2.45) is 11.7 Å². The number of amides is 1. The summed E-state index contributed by atoms with van der Waals surface area (Å²) in [6, 6.07) is 4.06. The molecule has 1 heterocycles. The van der Waals surface area contributed by atoms with Crippen LogP contribution in [0.1, 0.15) is 44.5 Å². The molecule has 0 saturated carbocycles. The predicted octanol–water partition coefficient (Wildman–Crippen LogP) is 1.41. The van der Waals surface area contributed by atoms with Gasteiger partial charge in [-0.25, -0.2) is 0 Å². The van der Waals surface area contributed by atoms with Crippen LogP contribution in [0.3, 0.4) is 0 Å². The lowest BCUT2D eigenvalue weighted by Gasteiger charge is -2.24. The fourth-order valence-electron chi connectivity index (χ4n) is 2.61. The van der Waals surface area contributed by atoms with Gasteiger partial charge in [0.2, 0.25) is 12.7 Å². The van der Waals surface area contributed by atoms with E-state index < -0.39 is 12.1 Å². The summed E-state index contributed by atoms with van der Waals surface area (Å²) < 4.78 is 10.5. The van der Waals surface area contributed by atoms with Crippen LogP contribution in [-0.4, -0.2) is 36.7 Å². The third-order valence-corrected chi connectivity index (χ3v) is 4.47. The van der Waals surface area contributed by atoms with E-state index in [9.17, 15) is 9.59 Å². The van der Waals surface area contributed by atoms with E-state index in [0.29, 0.717) is 17.1 Å². The highest BCUT2D eigenvalue weighted by atomic mass is 16.7. The summed E-state index contributed by atoms with van der Waals surface area (Å²) in [5, 5.41) is 5.88. The monoisotopic (exact) mass is 349 g/mol. The smallest absolute Gasteiger partial charge is 0.238 e. The second-order valence-electron chi connectivity index (χ2n) is 6.46. The molecule has 1 aliphatic heterocycles. The highest BCUT2D eigenvalue weighted by Gasteiger charge is 2.24. The second kappa shape index (κ2) is 8.31. The number of nitrogens with two attached hydrogens (primary N) is 1. The molecule has 0 fully saturated rings. The number of hydrogen-bond acceptors (Lipinski definition) is 6. The number of rotatable bonds is 8. The standard InChI is InChI=1S/C18H27N3O4/c1-5-10(2)16(19)18(23)21-12(4)20-11(3)17(22)13-6-7-14-15(8-13)25-9-24-14/h6-8,10-12,16,20H,5,9,19H2,1-4H3,(H,21,23). The predicted molar refractivity (Wildman–Crippen MR) is 94.5 cm³/mol. The molecule has 2 rings (SSSR count). The summed E-state index contributed by atoms with van der Waals surface area (Å²) in [6.45, 7) is 7.63. The first-order valence-corrected chi connectivity index (χ1v) is 8.59. The largest absolute Gasteiger partial charge is 0.454 e. The van der Waals surface area contributed by atoms with Crippen molar-refractivity contribution in [3.8, 4) is 11.5 Å². The van der Waals surface area contributed by atoms with Gasteiger partial charge in [0.05, 0.1) is 18.2 Å². The Morgan fingerprint density at radius 2 is 1.88 bits per heavy atom. The minimum Gasteiger partial charge on any atom is -0.454 e. The fraction of sp³-hybridized carbons (Fsp3) is 0.556. The number of benzene rings is 1. The average molecular weight is 349 g/mol. The number of Topliss-reactive ketones (excluding diaryl/α,β-unsaturated/α-hetero) is 1. The third-order valence-electron chi connectivity index (χ3n) is 4.47. The molecule has 0 spiro atoms. The Morgan fingerprint density at radius 1 is 1.20 bits per heavy atom. The zero-order chi connectivity index (χ0) is 18.6. The molecule has 25 heavy (non-hydrogen) atoms. The van der Waals surface area contributed by atoms with Gasteiger partial charge < -0.3 is 20.5 Å². The van der Waals surface area contributed by atoms with Crippen LogP contribution in [0.4, 0.5) is 0 Å². The lowest BCUT2D eigenvalue weighted by molar-refractivity contribution is -0.124. The van der Waals surface area contributed by atoms with Gasteiger partial charge in [-0.05, 0) is 38.0 Å². The third kappa shape index (κ3) is 4.70. The zero-order valence-corrected chi connectivity index (χ0v) is 15.2. The topological polar surface area (TPSA) is 103 Å². The molecule has 0 aromatic heterocycles. The molecule has 0 bridgehead atoms. The van der Waals surface area contributed by atoms with Crippen molar-refractivity contribution >= 4 is 11.7 Å². The SMILES string of the molecule is CCC(C)C(N)C(=O)NC(C)NC(C)C(=O)c1ccc2c(c1)OCO2. The van der Waals surface area contributed by atoms with Gasteiger partial charge in [0.1, 0.15) is 0 Å². The maximum absolute atomic E-state index is 12.6. The van der Waals surface area contributed by atoms with Gasteiger partial charge in [0.15, 0.2) is 17.3 Å². The summed E-state index contributed by atoms with van der Waals surface area (Å²) in [5.74, 6) is 0.985. The van der Waals surface area contributed by atoms with Gasteiger partial charge >= 0.3 is 0 Å². The van der Waals surface area contributed by atoms with Gasteiger partial charge in [-0.1, -0.05) is 20.3 Å². The number of ether oxygens (including phenoxy) is 2. The number of carbonyl (C=O) groups excluding carboxylic acids is 2. The molecule has 1 amide bonds. The molecular weight excluding hydrogens is 322 g/mol. The molecule has 1 aromatic carbocycles. The van der Waals surface area contributed by atoms with Gasteiger partial charge in [-0.2, -0.15) is 0 Å². The molecule has 4 unspecified atom stereocenters. The molecule has 4 atom stereocenters. The van der Waals surface area contributed by atoms with Crippen LogP contribution in [0.5, 0.6) is 11.5 Å². The molecule has 1 aromatic rings. The fourth-order valence-corrected chi connectivity index (χ4v) is 2.61. The molecule has 138 valence electrons. The first-order chi connectivity index (χ1) is 11.8. The summed E-state index contributed by atoms with van der Waals surface area (Å²) in [4.78, 5) is 24.7. The first-order valence-electron chi connectivity index (χ1n) is 8.59. The van der Waals surface area contributed by atoms with Crippen molar-refractivity contribution in [3.63, 3.8) is 0 Å². The second-order valence-corrected chi connectivity index (χ2v) is 6.46. The van der Waals surface area contributed by atoms with Gasteiger partial charge in [-0.3, -0.25) is 14.9 Å². The first kappa shape index (κ1) is 19.2. The highest BCUT2D eigenvalue weighted by Crippen LogP contribution is 2.32. The Morgan fingerprint density at radius 3 is 2.56 bits per heavy atom. The summed E-state index contributed by atoms with van der Waals surface area (Å²) in [6.07, 6.45) is 0.450. The molecule has 0 saturated heterocycles. The van der Waals surface area contributed by atoms with Crippen LogP contribution in [0, 0.1) is 5.92 Å². The van der Waals surface area contributed by atoms with Crippen LogP contribution in [0.25, 0.3) is 0 Å². The van der Waals surface area contributed by atoms with Gasteiger partial charge in [0, 0.05) is 5.56 Å². The van der Waals surface area contributed by atoms with Crippen molar-refractivity contribution in [2.75, 3.05) is 6.79 Å². The number of nitrogens with one attached hydrogen (secondary N) is 2. The van der Waals surface area contributed by atoms with Gasteiger partial charge in [-0.15, -0.1) is 0 Å². The Labute approximate surface area is 148 Å². The lowest BCUT2D eigenvalue weighted by atomic mass is 9.99. The molecule has 1 aliphatic rings. The van der Waals surface area contributed by atoms with E-state index in [4.69, 9.17) is 15.2 Å². The van der Waals surface area contributed by atoms with Crippen molar-refractivity contribution in [3.05, 3.63) is 23.8 Å². The number of hydrogen-bond donors (Lipinski definition) is 3. The molecule has 7 nitrogen and oxygen atoms in total. The maximum atomic E-state index is 12.6. The highest BCUT2D eigenvalue weighted by molar-refractivity contribution is 6.00. The van der Waals surface area contributed by atoms with E-state index in [1.165, 1.54) is 0 Å².